The summed E-state index contributed by atoms with van der Waals surface area (Å²) in [6, 6.07) is 19.9. The van der Waals surface area contributed by atoms with Gasteiger partial charge >= 0.3 is 5.97 Å². The molecule has 2 aromatic carbocycles. The second kappa shape index (κ2) is 15.8. The van der Waals surface area contributed by atoms with E-state index in [2.05, 4.69) is 62.2 Å². The summed E-state index contributed by atoms with van der Waals surface area (Å²) < 4.78 is 0. The molecule has 2 atom stereocenters. The quantitative estimate of drug-likeness (QED) is 0.171. The average Bonchev–Trinajstić information content (AvgIpc) is 3.49. The highest BCUT2D eigenvalue weighted by Gasteiger charge is 2.39. The number of thiophene rings is 1. The van der Waals surface area contributed by atoms with Crippen molar-refractivity contribution in [3.05, 3.63) is 99.5 Å². The Morgan fingerprint density at radius 3 is 2.24 bits per heavy atom. The molecule has 2 fully saturated rings. The van der Waals surface area contributed by atoms with E-state index in [1.54, 1.807) is 6.07 Å². The number of likely N-dealkylation sites (tertiary alicyclic amines) is 1. The number of aromatic nitrogens is 2. The predicted molar refractivity (Wildman–Crippen MR) is 202 cm³/mol. The number of carboxylic acid groups (broad SMARTS) is 1. The average molecular weight is 708 g/mol. The molecule has 4 aromatic rings. The largest absolute Gasteiger partial charge is 0.481 e. The fourth-order valence-electron chi connectivity index (χ4n) is 6.92. The first-order valence-electron chi connectivity index (χ1n) is 18.2. The third kappa shape index (κ3) is 8.84. The third-order valence-electron chi connectivity index (χ3n) is 10.1. The summed E-state index contributed by atoms with van der Waals surface area (Å²) in [5.41, 5.74) is 5.52. The molecular formula is C41H49N5O4S. The number of rotatable bonds is 11. The zero-order valence-electron chi connectivity index (χ0n) is 30.1. The number of anilines is 1. The number of aliphatic carboxylic acids is 1. The van der Waals surface area contributed by atoms with Gasteiger partial charge in [-0.1, -0.05) is 82.6 Å². The molecule has 10 heteroatoms. The molecule has 2 saturated heterocycles. The molecule has 2 aromatic heterocycles. The predicted octanol–water partition coefficient (Wildman–Crippen LogP) is 7.11. The number of aryl methyl sites for hydroxylation is 1. The summed E-state index contributed by atoms with van der Waals surface area (Å²) in [6.45, 7) is 10.7. The zero-order valence-corrected chi connectivity index (χ0v) is 30.9. The maximum Gasteiger partial charge on any atom is 0.310 e. The number of carboxylic acids is 1. The van der Waals surface area contributed by atoms with Crippen LogP contribution in [0, 0.1) is 5.92 Å². The number of nitrogens with one attached hydrogen (secondary N) is 1. The van der Waals surface area contributed by atoms with Crippen LogP contribution in [0.25, 0.3) is 11.4 Å². The van der Waals surface area contributed by atoms with Gasteiger partial charge in [0.15, 0.2) is 5.82 Å². The second-order valence-electron chi connectivity index (χ2n) is 15.0. The number of carbonyl (C=O) groups excluding carboxylic acids is 2. The molecule has 0 aliphatic carbocycles. The van der Waals surface area contributed by atoms with E-state index in [4.69, 9.17) is 9.97 Å². The molecule has 0 bridgehead atoms. The Hall–Kier alpha value is -4.57. The van der Waals surface area contributed by atoms with Gasteiger partial charge in [-0.25, -0.2) is 9.97 Å². The highest BCUT2D eigenvalue weighted by Crippen LogP contribution is 2.31. The highest BCUT2D eigenvalue weighted by atomic mass is 32.1. The van der Waals surface area contributed by atoms with Gasteiger partial charge in [-0.3, -0.25) is 14.4 Å². The van der Waals surface area contributed by atoms with Crippen LogP contribution in [-0.2, 0) is 27.8 Å². The summed E-state index contributed by atoms with van der Waals surface area (Å²) in [7, 11) is 0. The number of nitrogens with zero attached hydrogens (tertiary/aromatic N) is 4. The number of hydrogen-bond donors (Lipinski definition) is 2. The van der Waals surface area contributed by atoms with Crippen molar-refractivity contribution in [1.82, 2.24) is 20.2 Å². The van der Waals surface area contributed by atoms with E-state index in [0.717, 1.165) is 54.0 Å². The normalized spacial score (nSPS) is 17.4. The Labute approximate surface area is 305 Å². The summed E-state index contributed by atoms with van der Waals surface area (Å²) >= 11 is 1.42. The SMILES string of the molecule is CCCc1ccc(C2CCCN(c3cnc(-c4ccc(CC(NC(=O)c5ccc(C(C)(C)C)s5)C(=O)N5CC(C(=O)O)C5)cc4)nc3)CC2)cc1. The molecule has 0 radical (unpaired) electrons. The van der Waals surface area contributed by atoms with Crippen LogP contribution in [0.1, 0.15) is 90.5 Å². The van der Waals surface area contributed by atoms with Gasteiger partial charge in [0, 0.05) is 43.0 Å². The first kappa shape index (κ1) is 36.2. The van der Waals surface area contributed by atoms with E-state index in [1.165, 1.54) is 40.2 Å². The maximum atomic E-state index is 13.5. The van der Waals surface area contributed by atoms with Gasteiger partial charge in [-0.05, 0) is 65.8 Å². The molecule has 2 aliphatic rings. The highest BCUT2D eigenvalue weighted by molar-refractivity contribution is 7.14. The maximum absolute atomic E-state index is 13.5. The third-order valence-corrected chi connectivity index (χ3v) is 11.6. The van der Waals surface area contributed by atoms with Gasteiger partial charge in [0.1, 0.15) is 6.04 Å². The lowest BCUT2D eigenvalue weighted by Crippen LogP contribution is -2.59. The van der Waals surface area contributed by atoms with Crippen molar-refractivity contribution in [2.75, 3.05) is 31.1 Å². The monoisotopic (exact) mass is 707 g/mol. The fraction of sp³-hybridized carbons (Fsp3) is 0.439. The van der Waals surface area contributed by atoms with E-state index in [0.29, 0.717) is 16.6 Å². The van der Waals surface area contributed by atoms with Crippen LogP contribution in [0.3, 0.4) is 0 Å². The van der Waals surface area contributed by atoms with Crippen molar-refractivity contribution in [2.45, 2.75) is 83.6 Å². The molecule has 51 heavy (non-hydrogen) atoms. The van der Waals surface area contributed by atoms with Crippen LogP contribution in [0.15, 0.2) is 73.1 Å². The molecule has 4 heterocycles. The molecular weight excluding hydrogens is 659 g/mol. The first-order valence-corrected chi connectivity index (χ1v) is 19.0. The number of amides is 2. The van der Waals surface area contributed by atoms with Crippen LogP contribution in [-0.4, -0.2) is 70.0 Å². The lowest BCUT2D eigenvalue weighted by molar-refractivity contribution is -0.153. The van der Waals surface area contributed by atoms with Gasteiger partial charge in [-0.2, -0.15) is 0 Å². The standard InChI is InChI=1S/C41H49N5O4S/c1-5-7-27-9-13-30(14-10-27)29-8-6-20-45(21-19-29)33-23-42-37(43-24-33)31-15-11-28(12-16-31)22-34(39(48)46-25-32(26-46)40(49)50)44-38(47)35-17-18-36(51-35)41(2,3)4/h9-18,23-24,29,32,34H,5-8,19-22,25-26H2,1-4H3,(H,44,47)(H,49,50). The van der Waals surface area contributed by atoms with Crippen LogP contribution < -0.4 is 10.2 Å². The molecule has 9 nitrogen and oxygen atoms in total. The van der Waals surface area contributed by atoms with Gasteiger partial charge in [-0.15, -0.1) is 11.3 Å². The second-order valence-corrected chi connectivity index (χ2v) is 16.1. The Morgan fingerprint density at radius 2 is 1.61 bits per heavy atom. The Morgan fingerprint density at radius 1 is 0.922 bits per heavy atom. The van der Waals surface area contributed by atoms with E-state index in [9.17, 15) is 19.5 Å². The lowest BCUT2D eigenvalue weighted by Gasteiger charge is -2.38. The van der Waals surface area contributed by atoms with E-state index < -0.39 is 17.9 Å². The van der Waals surface area contributed by atoms with Crippen molar-refractivity contribution in [1.29, 1.82) is 0 Å². The van der Waals surface area contributed by atoms with Gasteiger partial charge in [0.2, 0.25) is 5.91 Å². The molecule has 2 unspecified atom stereocenters. The van der Waals surface area contributed by atoms with Crippen LogP contribution in [0.5, 0.6) is 0 Å². The van der Waals surface area contributed by atoms with Crippen molar-refractivity contribution in [2.24, 2.45) is 5.92 Å². The lowest BCUT2D eigenvalue weighted by atomic mass is 9.91. The molecule has 268 valence electrons. The van der Waals surface area contributed by atoms with Gasteiger partial charge < -0.3 is 20.2 Å². The van der Waals surface area contributed by atoms with E-state index >= 15 is 0 Å². The molecule has 0 spiro atoms. The molecule has 2 N–H and O–H groups in total. The molecule has 0 saturated carbocycles. The summed E-state index contributed by atoms with van der Waals surface area (Å²) in [5, 5.41) is 12.3. The number of benzene rings is 2. The minimum Gasteiger partial charge on any atom is -0.481 e. The van der Waals surface area contributed by atoms with Gasteiger partial charge in [0.25, 0.3) is 5.91 Å². The summed E-state index contributed by atoms with van der Waals surface area (Å²) in [6.07, 6.45) is 9.79. The van der Waals surface area contributed by atoms with Crippen molar-refractivity contribution >= 4 is 34.8 Å². The molecule has 2 aliphatic heterocycles. The zero-order chi connectivity index (χ0) is 36.1. The van der Waals surface area contributed by atoms with Gasteiger partial charge in [0.05, 0.1) is 28.9 Å². The summed E-state index contributed by atoms with van der Waals surface area (Å²) in [4.78, 5) is 53.2. The minimum atomic E-state index is -0.914. The van der Waals surface area contributed by atoms with Crippen molar-refractivity contribution < 1.29 is 19.5 Å². The van der Waals surface area contributed by atoms with Crippen LogP contribution in [0.2, 0.25) is 0 Å². The van der Waals surface area contributed by atoms with Crippen LogP contribution in [0.4, 0.5) is 5.69 Å². The molecule has 2 amide bonds. The van der Waals surface area contributed by atoms with Crippen LogP contribution >= 0.6 is 11.3 Å². The van der Waals surface area contributed by atoms with Crippen molar-refractivity contribution in [3.8, 4) is 11.4 Å². The summed E-state index contributed by atoms with van der Waals surface area (Å²) in [5.74, 6) is -0.887. The number of carbonyl (C=O) groups is 3. The fourth-order valence-corrected chi connectivity index (χ4v) is 7.89. The minimum absolute atomic E-state index is 0.0917. The first-order chi connectivity index (χ1) is 24.5. The Balaban J connectivity index is 1.09. The number of hydrogen-bond acceptors (Lipinski definition) is 7. The smallest absolute Gasteiger partial charge is 0.310 e. The van der Waals surface area contributed by atoms with Crippen molar-refractivity contribution in [3.63, 3.8) is 0 Å². The molecule has 6 rings (SSSR count). The topological polar surface area (TPSA) is 116 Å². The van der Waals surface area contributed by atoms with E-state index in [-0.39, 0.29) is 36.7 Å². The Kier molecular flexibility index (Phi) is 11.2. The Bertz CT molecular complexity index is 1810. The van der Waals surface area contributed by atoms with E-state index in [1.807, 2.05) is 42.7 Å².